The van der Waals surface area contributed by atoms with E-state index in [-0.39, 0.29) is 0 Å². The Hall–Kier alpha value is -0.730. The van der Waals surface area contributed by atoms with E-state index in [1.165, 1.54) is 0 Å². The normalized spacial score (nSPS) is 6.09. The van der Waals surface area contributed by atoms with E-state index in [1.54, 1.807) is 11.6 Å². The van der Waals surface area contributed by atoms with Gasteiger partial charge >= 0.3 is 5.96 Å². The minimum Gasteiger partial charge on any atom is -0.291 e. The monoisotopic (exact) mass is 162 g/mol. The quantitative estimate of drug-likeness (QED) is 0.315. The molecule has 0 rings (SSSR count). The largest absolute Gasteiger partial charge is 0.342 e. The third kappa shape index (κ3) is 17.6. The molecule has 70 valence electrons. The van der Waals surface area contributed by atoms with Crippen LogP contribution in [0.2, 0.25) is 0 Å². The molecule has 0 unspecified atom stereocenters. The highest BCUT2D eigenvalue weighted by Crippen LogP contribution is 1.50. The summed E-state index contributed by atoms with van der Waals surface area (Å²) in [6.45, 7) is 8.00. The first kappa shape index (κ1) is 16.7. The lowest BCUT2D eigenvalue weighted by atomic mass is 10.9. The first-order valence-corrected chi connectivity index (χ1v) is 4.16. The number of nitrogens with two attached hydrogens (primary N) is 1. The Morgan fingerprint density at radius 1 is 1.09 bits per heavy atom. The van der Waals surface area contributed by atoms with Gasteiger partial charge in [0, 0.05) is 0 Å². The summed E-state index contributed by atoms with van der Waals surface area (Å²) in [5.41, 5.74) is 5.35. The van der Waals surface area contributed by atoms with Crippen LogP contribution >= 0.6 is 0 Å². The van der Waals surface area contributed by atoms with Crippen molar-refractivity contribution in [3.63, 3.8) is 0 Å². The fourth-order valence-electron chi connectivity index (χ4n) is 0.224. The lowest BCUT2D eigenvalue weighted by Crippen LogP contribution is -2.35. The molecule has 0 saturated heterocycles. The van der Waals surface area contributed by atoms with Crippen molar-refractivity contribution in [2.45, 2.75) is 27.7 Å². The van der Waals surface area contributed by atoms with Gasteiger partial charge in [0.25, 0.3) is 0 Å². The van der Waals surface area contributed by atoms with Gasteiger partial charge in [0.05, 0.1) is 21.1 Å². The summed E-state index contributed by atoms with van der Waals surface area (Å²) in [4.78, 5) is 0. The van der Waals surface area contributed by atoms with E-state index in [2.05, 4.69) is 5.32 Å². The van der Waals surface area contributed by atoms with Gasteiger partial charge in [0.2, 0.25) is 0 Å². The van der Waals surface area contributed by atoms with Gasteiger partial charge < -0.3 is 0 Å². The summed E-state index contributed by atoms with van der Waals surface area (Å²) in [5, 5.41) is 2.78. The number of nitrogens with one attached hydrogen (secondary N) is 1. The van der Waals surface area contributed by atoms with Gasteiger partial charge in [-0.1, -0.05) is 27.7 Å². The van der Waals surface area contributed by atoms with Gasteiger partial charge in [0.1, 0.15) is 0 Å². The highest BCUT2D eigenvalue weighted by Gasteiger charge is 1.89. The Labute approximate surface area is 71.3 Å². The molecule has 11 heavy (non-hydrogen) atoms. The fraction of sp³-hybridized carbons (Fsp3) is 0.875. The van der Waals surface area contributed by atoms with E-state index in [1.807, 2.05) is 41.8 Å². The maximum Gasteiger partial charge on any atom is 0.342 e. The second-order valence-corrected chi connectivity index (χ2v) is 1.53. The molecule has 0 atom stereocenters. The summed E-state index contributed by atoms with van der Waals surface area (Å²) >= 11 is 0. The second kappa shape index (κ2) is 16.1. The molecule has 3 N–H and O–H groups in total. The van der Waals surface area contributed by atoms with Crippen molar-refractivity contribution < 1.29 is 4.58 Å². The molecule has 0 aliphatic heterocycles. The highest BCUT2D eigenvalue weighted by atomic mass is 15.1. The summed E-state index contributed by atoms with van der Waals surface area (Å²) in [5.74, 6) is 0.681. The molecule has 0 aromatic rings. The van der Waals surface area contributed by atoms with Crippen LogP contribution in [0.4, 0.5) is 0 Å². The average Bonchev–Trinajstić information content (AvgIpc) is 2.10. The molecule has 3 heteroatoms. The van der Waals surface area contributed by atoms with Crippen LogP contribution in [0.5, 0.6) is 0 Å². The van der Waals surface area contributed by atoms with E-state index in [9.17, 15) is 0 Å². The summed E-state index contributed by atoms with van der Waals surface area (Å²) in [7, 11) is 5.55. The van der Waals surface area contributed by atoms with Gasteiger partial charge in [-0.25, -0.2) is 0 Å². The van der Waals surface area contributed by atoms with Crippen molar-refractivity contribution in [1.29, 1.82) is 0 Å². The lowest BCUT2D eigenvalue weighted by molar-refractivity contribution is -0.467. The number of nitrogens with zero attached hydrogens (tertiary/aromatic N) is 1. The molecule has 0 radical (unpaired) electrons. The molecule has 0 fully saturated rings. The topological polar surface area (TPSA) is 41.1 Å². The van der Waals surface area contributed by atoms with E-state index >= 15 is 0 Å². The van der Waals surface area contributed by atoms with Crippen molar-refractivity contribution in [3.8, 4) is 0 Å². The van der Waals surface area contributed by atoms with E-state index < -0.39 is 0 Å². The van der Waals surface area contributed by atoms with E-state index in [4.69, 9.17) is 5.73 Å². The zero-order valence-electron chi connectivity index (χ0n) is 9.02. The average molecular weight is 162 g/mol. The van der Waals surface area contributed by atoms with Gasteiger partial charge in [0.15, 0.2) is 0 Å². The van der Waals surface area contributed by atoms with Crippen LogP contribution in [-0.2, 0) is 0 Å². The summed E-state index contributed by atoms with van der Waals surface area (Å²) < 4.78 is 1.81. The van der Waals surface area contributed by atoms with Gasteiger partial charge in [-0.15, -0.1) is 0 Å². The fourth-order valence-corrected chi connectivity index (χ4v) is 0.224. The minimum atomic E-state index is 0.681. The molecule has 0 amide bonds. The van der Waals surface area contributed by atoms with Crippen molar-refractivity contribution >= 4 is 5.96 Å². The Morgan fingerprint density at radius 2 is 1.36 bits per heavy atom. The number of rotatable bonds is 0. The van der Waals surface area contributed by atoms with Crippen LogP contribution in [0.15, 0.2) is 0 Å². The maximum atomic E-state index is 5.35. The van der Waals surface area contributed by atoms with Gasteiger partial charge in [-0.05, 0) is 0 Å². The van der Waals surface area contributed by atoms with Crippen LogP contribution in [0.3, 0.4) is 0 Å². The summed E-state index contributed by atoms with van der Waals surface area (Å²) in [6, 6.07) is 0. The van der Waals surface area contributed by atoms with Gasteiger partial charge in [-0.2, -0.15) is 0 Å². The minimum absolute atomic E-state index is 0.681. The Balaban J connectivity index is -0.000000138. The standard InChI is InChI=1S/C4H11N3.2C2H6/c1-6-4(5)7(2)3;2*1-2/h1-3H3,(H2,5,6);2*1-2H3/p+1. The SMILES string of the molecule is CC.CC.CNC(N)=[N+](C)C. The van der Waals surface area contributed by atoms with E-state index in [0.29, 0.717) is 5.96 Å². The first-order valence-electron chi connectivity index (χ1n) is 4.16. The molecule has 0 bridgehead atoms. The van der Waals surface area contributed by atoms with Gasteiger partial charge in [-0.3, -0.25) is 15.6 Å². The van der Waals surface area contributed by atoms with Crippen LogP contribution in [-0.4, -0.2) is 31.7 Å². The molecule has 0 aliphatic carbocycles. The van der Waals surface area contributed by atoms with Crippen molar-refractivity contribution in [1.82, 2.24) is 5.32 Å². The predicted octanol–water partition coefficient (Wildman–Crippen LogP) is 0.845. The number of hydrogen-bond donors (Lipinski definition) is 2. The number of guanidine groups is 1. The van der Waals surface area contributed by atoms with Crippen LogP contribution in [0.25, 0.3) is 0 Å². The number of hydrogen-bond acceptors (Lipinski definition) is 0. The lowest BCUT2D eigenvalue weighted by Gasteiger charge is -1.92. The Morgan fingerprint density at radius 3 is 1.36 bits per heavy atom. The molecule has 0 heterocycles. The summed E-state index contributed by atoms with van der Waals surface area (Å²) in [6.07, 6.45) is 0. The molecular weight excluding hydrogens is 138 g/mol. The molecule has 0 aliphatic rings. The highest BCUT2D eigenvalue weighted by molar-refractivity contribution is 5.71. The van der Waals surface area contributed by atoms with Crippen LogP contribution < -0.4 is 11.1 Å². The predicted molar refractivity (Wildman–Crippen MR) is 53.1 cm³/mol. The molecule has 0 spiro atoms. The zero-order valence-corrected chi connectivity index (χ0v) is 9.02. The van der Waals surface area contributed by atoms with Crippen LogP contribution in [0.1, 0.15) is 27.7 Å². The van der Waals surface area contributed by atoms with E-state index in [0.717, 1.165) is 0 Å². The molecule has 3 nitrogen and oxygen atoms in total. The smallest absolute Gasteiger partial charge is 0.291 e. The Kier molecular flexibility index (Phi) is 24.5. The Bertz CT molecular complexity index is 83.3. The second-order valence-electron chi connectivity index (χ2n) is 1.53. The zero-order chi connectivity index (χ0) is 9.86. The first-order chi connectivity index (χ1) is 5.18. The van der Waals surface area contributed by atoms with Crippen LogP contribution in [0, 0.1) is 0 Å². The third-order valence-electron chi connectivity index (χ3n) is 0.738. The van der Waals surface area contributed by atoms with Crippen molar-refractivity contribution in [2.24, 2.45) is 5.73 Å². The third-order valence-corrected chi connectivity index (χ3v) is 0.738. The molecule has 0 aromatic heterocycles. The van der Waals surface area contributed by atoms with Crippen molar-refractivity contribution in [2.75, 3.05) is 21.1 Å². The molecular formula is C8H24N3+. The molecule has 0 aromatic carbocycles. The maximum absolute atomic E-state index is 5.35. The van der Waals surface area contributed by atoms with Crippen molar-refractivity contribution in [3.05, 3.63) is 0 Å². The molecule has 0 saturated carbocycles.